The second kappa shape index (κ2) is 7.94. The van der Waals surface area contributed by atoms with Gasteiger partial charge in [0.05, 0.1) is 23.4 Å². The van der Waals surface area contributed by atoms with Crippen LogP contribution in [0.25, 0.3) is 11.3 Å². The van der Waals surface area contributed by atoms with E-state index in [-0.39, 0.29) is 17.7 Å². The molecule has 1 fully saturated rings. The number of rotatable bonds is 5. The number of hydrogen-bond donors (Lipinski definition) is 3. The van der Waals surface area contributed by atoms with E-state index in [9.17, 15) is 9.59 Å². The molecule has 2 aromatic rings. The zero-order chi connectivity index (χ0) is 17.6. The van der Waals surface area contributed by atoms with Gasteiger partial charge in [0, 0.05) is 31.7 Å². The molecule has 0 bridgehead atoms. The van der Waals surface area contributed by atoms with Crippen LogP contribution in [0.1, 0.15) is 23.2 Å². The molecule has 1 aliphatic rings. The Kier molecular flexibility index (Phi) is 5.45. The fourth-order valence-corrected chi connectivity index (χ4v) is 3.16. The highest BCUT2D eigenvalue weighted by molar-refractivity contribution is 6.00. The SMILES string of the molecule is NCCNC(=O)C1CCCN(C(=O)c2cn[nH]c2-c2ccccc2)C1. The Morgan fingerprint density at radius 2 is 2.12 bits per heavy atom. The molecule has 0 saturated carbocycles. The van der Waals surface area contributed by atoms with Crippen LogP contribution in [0.4, 0.5) is 0 Å². The Labute approximate surface area is 146 Å². The van der Waals surface area contributed by atoms with Crippen molar-refractivity contribution < 1.29 is 9.59 Å². The molecule has 25 heavy (non-hydrogen) atoms. The minimum absolute atomic E-state index is 0.0292. The summed E-state index contributed by atoms with van der Waals surface area (Å²) in [4.78, 5) is 26.9. The first kappa shape index (κ1) is 17.2. The number of carbonyl (C=O) groups is 2. The van der Waals surface area contributed by atoms with E-state index in [2.05, 4.69) is 15.5 Å². The number of nitrogens with two attached hydrogens (primary N) is 1. The van der Waals surface area contributed by atoms with Gasteiger partial charge in [-0.3, -0.25) is 14.7 Å². The van der Waals surface area contributed by atoms with Crippen molar-refractivity contribution in [1.29, 1.82) is 0 Å². The summed E-state index contributed by atoms with van der Waals surface area (Å²) in [5.41, 5.74) is 7.59. The number of hydrogen-bond acceptors (Lipinski definition) is 4. The van der Waals surface area contributed by atoms with Crippen LogP contribution in [0.2, 0.25) is 0 Å². The molecule has 1 unspecified atom stereocenters. The van der Waals surface area contributed by atoms with Crippen LogP contribution in [-0.2, 0) is 4.79 Å². The van der Waals surface area contributed by atoms with Gasteiger partial charge in [-0.05, 0) is 12.8 Å². The Hall–Kier alpha value is -2.67. The number of amides is 2. The van der Waals surface area contributed by atoms with E-state index in [0.717, 1.165) is 18.4 Å². The molecule has 1 aromatic heterocycles. The van der Waals surface area contributed by atoms with Crippen LogP contribution in [0.3, 0.4) is 0 Å². The van der Waals surface area contributed by atoms with Gasteiger partial charge in [0.25, 0.3) is 5.91 Å². The van der Waals surface area contributed by atoms with Crippen molar-refractivity contribution in [2.24, 2.45) is 11.7 Å². The smallest absolute Gasteiger partial charge is 0.257 e. The van der Waals surface area contributed by atoms with Crippen molar-refractivity contribution in [2.45, 2.75) is 12.8 Å². The lowest BCUT2D eigenvalue weighted by Crippen LogP contribution is -2.46. The van der Waals surface area contributed by atoms with Crippen molar-refractivity contribution in [2.75, 3.05) is 26.2 Å². The molecule has 7 heteroatoms. The van der Waals surface area contributed by atoms with Crippen LogP contribution in [0.5, 0.6) is 0 Å². The lowest BCUT2D eigenvalue weighted by Gasteiger charge is -2.32. The zero-order valence-electron chi connectivity index (χ0n) is 14.1. The summed E-state index contributed by atoms with van der Waals surface area (Å²) in [6.45, 7) is 1.95. The number of likely N-dealkylation sites (tertiary alicyclic amines) is 1. The molecule has 2 heterocycles. The largest absolute Gasteiger partial charge is 0.355 e. The van der Waals surface area contributed by atoms with Crippen LogP contribution in [-0.4, -0.2) is 53.1 Å². The van der Waals surface area contributed by atoms with Crippen LogP contribution >= 0.6 is 0 Å². The number of nitrogens with one attached hydrogen (secondary N) is 2. The van der Waals surface area contributed by atoms with E-state index >= 15 is 0 Å². The average molecular weight is 341 g/mol. The molecule has 7 nitrogen and oxygen atoms in total. The first-order valence-electron chi connectivity index (χ1n) is 8.56. The van der Waals surface area contributed by atoms with E-state index in [1.807, 2.05) is 30.3 Å². The number of aromatic nitrogens is 2. The summed E-state index contributed by atoms with van der Waals surface area (Å²) in [6.07, 6.45) is 3.16. The number of H-pyrrole nitrogens is 1. The fraction of sp³-hybridized carbons (Fsp3) is 0.389. The number of aromatic amines is 1. The van der Waals surface area contributed by atoms with Gasteiger partial charge in [-0.2, -0.15) is 5.10 Å². The molecular formula is C18H23N5O2. The van der Waals surface area contributed by atoms with Gasteiger partial charge in [-0.1, -0.05) is 30.3 Å². The number of nitrogens with zero attached hydrogens (tertiary/aromatic N) is 2. The molecule has 1 atom stereocenters. The topological polar surface area (TPSA) is 104 Å². The molecule has 0 radical (unpaired) electrons. The quantitative estimate of drug-likeness (QED) is 0.755. The normalized spacial score (nSPS) is 17.3. The summed E-state index contributed by atoms with van der Waals surface area (Å²) < 4.78 is 0. The minimum Gasteiger partial charge on any atom is -0.355 e. The molecule has 132 valence electrons. The highest BCUT2D eigenvalue weighted by atomic mass is 16.2. The monoisotopic (exact) mass is 341 g/mol. The van der Waals surface area contributed by atoms with Gasteiger partial charge in [-0.25, -0.2) is 0 Å². The number of carbonyl (C=O) groups excluding carboxylic acids is 2. The number of piperidine rings is 1. The van der Waals surface area contributed by atoms with E-state index in [1.165, 1.54) is 0 Å². The fourth-order valence-electron chi connectivity index (χ4n) is 3.16. The standard InChI is InChI=1S/C18H23N5O2/c19-8-9-20-17(24)14-7-4-10-23(12-14)18(25)15-11-21-22-16(15)13-5-2-1-3-6-13/h1-3,5-6,11,14H,4,7-10,12,19H2,(H,20,24)(H,21,22). The van der Waals surface area contributed by atoms with Crippen molar-refractivity contribution in [3.8, 4) is 11.3 Å². The predicted octanol–water partition coefficient (Wildman–Crippen LogP) is 1.00. The second-order valence-corrected chi connectivity index (χ2v) is 6.19. The first-order valence-corrected chi connectivity index (χ1v) is 8.56. The zero-order valence-corrected chi connectivity index (χ0v) is 14.1. The Morgan fingerprint density at radius 3 is 2.88 bits per heavy atom. The molecule has 3 rings (SSSR count). The van der Waals surface area contributed by atoms with Gasteiger partial charge < -0.3 is 16.0 Å². The van der Waals surface area contributed by atoms with Crippen LogP contribution in [0, 0.1) is 5.92 Å². The third kappa shape index (κ3) is 3.88. The summed E-state index contributed by atoms with van der Waals surface area (Å²) >= 11 is 0. The molecule has 2 amide bonds. The predicted molar refractivity (Wildman–Crippen MR) is 94.7 cm³/mol. The average Bonchev–Trinajstić information content (AvgIpc) is 3.16. The summed E-state index contributed by atoms with van der Waals surface area (Å²) in [5, 5.41) is 9.77. The van der Waals surface area contributed by atoms with Gasteiger partial charge in [0.1, 0.15) is 0 Å². The molecule has 0 aliphatic carbocycles. The van der Waals surface area contributed by atoms with Crippen molar-refractivity contribution in [3.63, 3.8) is 0 Å². The highest BCUT2D eigenvalue weighted by Crippen LogP contribution is 2.24. The lowest BCUT2D eigenvalue weighted by molar-refractivity contribution is -0.126. The van der Waals surface area contributed by atoms with Gasteiger partial charge >= 0.3 is 0 Å². The maximum Gasteiger partial charge on any atom is 0.257 e. The molecule has 1 saturated heterocycles. The highest BCUT2D eigenvalue weighted by Gasteiger charge is 2.30. The third-order valence-corrected chi connectivity index (χ3v) is 4.46. The summed E-state index contributed by atoms with van der Waals surface area (Å²) in [6, 6.07) is 9.63. The van der Waals surface area contributed by atoms with Gasteiger partial charge in [0.2, 0.25) is 5.91 Å². The molecule has 0 spiro atoms. The second-order valence-electron chi connectivity index (χ2n) is 6.19. The summed E-state index contributed by atoms with van der Waals surface area (Å²) in [7, 11) is 0. The minimum atomic E-state index is -0.184. The lowest BCUT2D eigenvalue weighted by atomic mass is 9.96. The van der Waals surface area contributed by atoms with Crippen LogP contribution < -0.4 is 11.1 Å². The number of benzene rings is 1. The van der Waals surface area contributed by atoms with Crippen LogP contribution in [0.15, 0.2) is 36.5 Å². The molecule has 4 N–H and O–H groups in total. The third-order valence-electron chi connectivity index (χ3n) is 4.46. The maximum atomic E-state index is 13.0. The molecule has 1 aliphatic heterocycles. The first-order chi connectivity index (χ1) is 12.2. The van der Waals surface area contributed by atoms with Crippen molar-refractivity contribution in [1.82, 2.24) is 20.4 Å². The summed E-state index contributed by atoms with van der Waals surface area (Å²) in [5.74, 6) is -0.307. The van der Waals surface area contributed by atoms with E-state index < -0.39 is 0 Å². The van der Waals surface area contributed by atoms with Gasteiger partial charge in [0.15, 0.2) is 0 Å². The van der Waals surface area contributed by atoms with E-state index in [1.54, 1.807) is 11.1 Å². The van der Waals surface area contributed by atoms with Gasteiger partial charge in [-0.15, -0.1) is 0 Å². The Morgan fingerprint density at radius 1 is 1.32 bits per heavy atom. The maximum absolute atomic E-state index is 13.0. The van der Waals surface area contributed by atoms with E-state index in [0.29, 0.717) is 37.4 Å². The molecule has 1 aromatic carbocycles. The Bertz CT molecular complexity index is 728. The Balaban J connectivity index is 1.73. The molecular weight excluding hydrogens is 318 g/mol. The van der Waals surface area contributed by atoms with Crippen molar-refractivity contribution in [3.05, 3.63) is 42.1 Å². The van der Waals surface area contributed by atoms with Crippen molar-refractivity contribution >= 4 is 11.8 Å². The van der Waals surface area contributed by atoms with E-state index in [4.69, 9.17) is 5.73 Å².